The van der Waals surface area contributed by atoms with E-state index in [4.69, 9.17) is 9.15 Å². The molecule has 0 radical (unpaired) electrons. The number of aromatic nitrogens is 2. The fourth-order valence-electron chi connectivity index (χ4n) is 2.16. The number of ether oxygens (including phenoxy) is 1. The van der Waals surface area contributed by atoms with E-state index >= 15 is 0 Å². The van der Waals surface area contributed by atoms with Crippen LogP contribution >= 0.6 is 11.8 Å². The third-order valence-electron chi connectivity index (χ3n) is 3.49. The number of rotatable bonds is 7. The molecule has 0 aliphatic carbocycles. The fraction of sp³-hybridized carbons (Fsp3) is 0.211. The molecule has 0 saturated heterocycles. The van der Waals surface area contributed by atoms with Crippen LogP contribution in [0.25, 0.3) is 0 Å². The Bertz CT molecular complexity index is 867. The van der Waals surface area contributed by atoms with Gasteiger partial charge in [0.1, 0.15) is 5.75 Å². The zero-order valence-corrected chi connectivity index (χ0v) is 15.3. The van der Waals surface area contributed by atoms with Crippen molar-refractivity contribution in [3.63, 3.8) is 0 Å². The smallest absolute Gasteiger partial charge is 0.277 e. The van der Waals surface area contributed by atoms with Gasteiger partial charge in [-0.15, -0.1) is 10.2 Å². The van der Waals surface area contributed by atoms with E-state index in [0.717, 1.165) is 17.0 Å². The van der Waals surface area contributed by atoms with Gasteiger partial charge in [-0.2, -0.15) is 0 Å². The molecule has 6 nitrogen and oxygen atoms in total. The fourth-order valence-corrected chi connectivity index (χ4v) is 2.87. The summed E-state index contributed by atoms with van der Waals surface area (Å²) in [5, 5.41) is 10.7. The molecular formula is C19H19N3O3S. The van der Waals surface area contributed by atoms with Crippen molar-refractivity contribution in [3.8, 4) is 5.75 Å². The molecule has 7 heteroatoms. The van der Waals surface area contributed by atoms with E-state index in [1.165, 1.54) is 11.8 Å². The predicted octanol–water partition coefficient (Wildman–Crippen LogP) is 4.08. The number of nitrogens with one attached hydrogen (secondary N) is 1. The van der Waals surface area contributed by atoms with Crippen LogP contribution in [0.4, 0.5) is 5.69 Å². The average molecular weight is 369 g/mol. The summed E-state index contributed by atoms with van der Waals surface area (Å²) in [5.41, 5.74) is 1.87. The first-order valence-corrected chi connectivity index (χ1v) is 9.02. The number of benzene rings is 2. The maximum Gasteiger partial charge on any atom is 0.277 e. The standard InChI is InChI=1S/C19H19N3O3S/c1-13-7-6-10-16(11-13)24-12-17-21-22-19(25-17)26-14(2)18(23)20-15-8-4-3-5-9-15/h3-11,14H,12H2,1-2H3,(H,20,23)/t14-/m0/s1. The van der Waals surface area contributed by atoms with Crippen molar-refractivity contribution in [2.24, 2.45) is 0 Å². The zero-order chi connectivity index (χ0) is 18.4. The average Bonchev–Trinajstić information content (AvgIpc) is 3.08. The van der Waals surface area contributed by atoms with E-state index in [0.29, 0.717) is 11.1 Å². The monoisotopic (exact) mass is 369 g/mol. The Morgan fingerprint density at radius 1 is 1.19 bits per heavy atom. The Morgan fingerprint density at radius 3 is 2.77 bits per heavy atom. The van der Waals surface area contributed by atoms with Crippen molar-refractivity contribution in [1.29, 1.82) is 0 Å². The summed E-state index contributed by atoms with van der Waals surface area (Å²) in [6.07, 6.45) is 0. The van der Waals surface area contributed by atoms with Crippen molar-refractivity contribution in [2.75, 3.05) is 5.32 Å². The molecule has 0 unspecified atom stereocenters. The summed E-state index contributed by atoms with van der Waals surface area (Å²) in [4.78, 5) is 12.2. The Labute approximate surface area is 156 Å². The summed E-state index contributed by atoms with van der Waals surface area (Å²) < 4.78 is 11.2. The van der Waals surface area contributed by atoms with Crippen molar-refractivity contribution in [3.05, 3.63) is 66.1 Å². The van der Waals surface area contributed by atoms with Crippen molar-refractivity contribution in [1.82, 2.24) is 10.2 Å². The van der Waals surface area contributed by atoms with E-state index in [1.807, 2.05) is 61.5 Å². The minimum atomic E-state index is -0.374. The summed E-state index contributed by atoms with van der Waals surface area (Å²) in [5.74, 6) is 0.981. The van der Waals surface area contributed by atoms with Crippen LogP contribution in [0.15, 0.2) is 64.2 Å². The lowest BCUT2D eigenvalue weighted by Gasteiger charge is -2.09. The van der Waals surface area contributed by atoms with E-state index in [-0.39, 0.29) is 17.8 Å². The number of aryl methyl sites for hydroxylation is 1. The van der Waals surface area contributed by atoms with E-state index in [1.54, 1.807) is 6.92 Å². The number of amides is 1. The second kappa shape index (κ2) is 8.53. The van der Waals surface area contributed by atoms with E-state index in [9.17, 15) is 4.79 Å². The maximum absolute atomic E-state index is 12.2. The number of thioether (sulfide) groups is 1. The number of hydrogen-bond acceptors (Lipinski definition) is 6. The van der Waals surface area contributed by atoms with E-state index < -0.39 is 0 Å². The predicted molar refractivity (Wildman–Crippen MR) is 100 cm³/mol. The number of carbonyl (C=O) groups excluding carboxylic acids is 1. The van der Waals surface area contributed by atoms with Crippen LogP contribution in [-0.4, -0.2) is 21.4 Å². The third kappa shape index (κ3) is 5.10. The Morgan fingerprint density at radius 2 is 2.00 bits per heavy atom. The Hall–Kier alpha value is -2.80. The minimum absolute atomic E-state index is 0.128. The molecule has 0 bridgehead atoms. The number of anilines is 1. The zero-order valence-electron chi connectivity index (χ0n) is 14.5. The normalized spacial score (nSPS) is 11.8. The molecule has 3 aromatic rings. The molecule has 1 atom stereocenters. The highest BCUT2D eigenvalue weighted by molar-refractivity contribution is 8.00. The van der Waals surface area contributed by atoms with Crippen LogP contribution in [-0.2, 0) is 11.4 Å². The van der Waals surface area contributed by atoms with Crippen LogP contribution in [0.2, 0.25) is 0 Å². The first-order valence-electron chi connectivity index (χ1n) is 8.14. The van der Waals surface area contributed by atoms with Gasteiger partial charge >= 0.3 is 0 Å². The molecule has 0 aliphatic heterocycles. The lowest BCUT2D eigenvalue weighted by atomic mass is 10.2. The minimum Gasteiger partial charge on any atom is -0.484 e. The molecule has 1 N–H and O–H groups in total. The molecule has 2 aromatic carbocycles. The second-order valence-corrected chi connectivity index (χ2v) is 6.97. The summed E-state index contributed by atoms with van der Waals surface area (Å²) in [7, 11) is 0. The van der Waals surface area contributed by atoms with Gasteiger partial charge in [-0.05, 0) is 43.7 Å². The molecule has 26 heavy (non-hydrogen) atoms. The van der Waals surface area contributed by atoms with Crippen LogP contribution in [0.1, 0.15) is 18.4 Å². The largest absolute Gasteiger partial charge is 0.484 e. The highest BCUT2D eigenvalue weighted by Crippen LogP contribution is 2.23. The summed E-state index contributed by atoms with van der Waals surface area (Å²) >= 11 is 1.21. The molecule has 1 aromatic heterocycles. The van der Waals surface area contributed by atoms with Crippen molar-refractivity contribution in [2.45, 2.75) is 30.9 Å². The molecule has 134 valence electrons. The molecule has 3 rings (SSSR count). The number of carbonyl (C=O) groups is 1. The van der Waals surface area contributed by atoms with Crippen molar-refractivity contribution >= 4 is 23.4 Å². The molecule has 0 fully saturated rings. The lowest BCUT2D eigenvalue weighted by Crippen LogP contribution is -2.22. The molecule has 1 heterocycles. The van der Waals surface area contributed by atoms with Crippen LogP contribution in [0.3, 0.4) is 0 Å². The molecule has 0 spiro atoms. The number of para-hydroxylation sites is 1. The quantitative estimate of drug-likeness (QED) is 0.633. The topological polar surface area (TPSA) is 77.2 Å². The second-order valence-electron chi connectivity index (χ2n) is 5.68. The van der Waals surface area contributed by atoms with Crippen LogP contribution in [0.5, 0.6) is 5.75 Å². The van der Waals surface area contributed by atoms with Gasteiger partial charge < -0.3 is 14.5 Å². The first kappa shape index (κ1) is 18.0. The Balaban J connectivity index is 1.51. The van der Waals surface area contributed by atoms with Crippen LogP contribution < -0.4 is 10.1 Å². The van der Waals surface area contributed by atoms with Gasteiger partial charge in [-0.1, -0.05) is 42.1 Å². The highest BCUT2D eigenvalue weighted by Gasteiger charge is 2.18. The number of nitrogens with zero attached hydrogens (tertiary/aromatic N) is 2. The first-order chi connectivity index (χ1) is 12.6. The molecule has 1 amide bonds. The van der Waals surface area contributed by atoms with Gasteiger partial charge in [-0.25, -0.2) is 0 Å². The van der Waals surface area contributed by atoms with Gasteiger partial charge in [0.15, 0.2) is 6.61 Å². The molecule has 0 aliphatic rings. The summed E-state index contributed by atoms with van der Waals surface area (Å²) in [6, 6.07) is 17.0. The third-order valence-corrected chi connectivity index (χ3v) is 4.42. The van der Waals surface area contributed by atoms with Gasteiger partial charge in [-0.3, -0.25) is 4.79 Å². The van der Waals surface area contributed by atoms with Crippen molar-refractivity contribution < 1.29 is 13.9 Å². The highest BCUT2D eigenvalue weighted by atomic mass is 32.2. The lowest BCUT2D eigenvalue weighted by molar-refractivity contribution is -0.115. The Kier molecular flexibility index (Phi) is 5.91. The summed E-state index contributed by atoms with van der Waals surface area (Å²) in [6.45, 7) is 3.97. The molecular weight excluding hydrogens is 350 g/mol. The van der Waals surface area contributed by atoms with Gasteiger partial charge in [0.25, 0.3) is 11.1 Å². The van der Waals surface area contributed by atoms with Crippen LogP contribution in [0, 0.1) is 6.92 Å². The van der Waals surface area contributed by atoms with Gasteiger partial charge in [0.05, 0.1) is 5.25 Å². The maximum atomic E-state index is 12.2. The van der Waals surface area contributed by atoms with E-state index in [2.05, 4.69) is 15.5 Å². The van der Waals surface area contributed by atoms with Gasteiger partial charge in [0.2, 0.25) is 5.91 Å². The SMILES string of the molecule is Cc1cccc(OCc2nnc(S[C@@H](C)C(=O)Nc3ccccc3)o2)c1. The number of hydrogen-bond donors (Lipinski definition) is 1. The molecule has 0 saturated carbocycles. The van der Waals surface area contributed by atoms with Gasteiger partial charge in [0, 0.05) is 5.69 Å².